The Kier molecular flexibility index (Phi) is 2.92. The third-order valence-corrected chi connectivity index (χ3v) is 4.27. The SMILES string of the molecule is NC(=O)c1ccc(N2C[C@H]3CNC[C@H]3C2)c(Cl)c1. The Hall–Kier alpha value is -1.26. The van der Waals surface area contributed by atoms with Gasteiger partial charge in [-0.15, -0.1) is 0 Å². The van der Waals surface area contributed by atoms with Crippen LogP contribution in [0.1, 0.15) is 10.4 Å². The molecular formula is C13H16ClN3O. The number of fused-ring (bicyclic) bond motifs is 1. The maximum Gasteiger partial charge on any atom is 0.248 e. The van der Waals surface area contributed by atoms with E-state index in [0.717, 1.165) is 43.7 Å². The summed E-state index contributed by atoms with van der Waals surface area (Å²) < 4.78 is 0. The van der Waals surface area contributed by atoms with Gasteiger partial charge in [0.25, 0.3) is 0 Å². The van der Waals surface area contributed by atoms with Crippen molar-refractivity contribution in [2.24, 2.45) is 17.6 Å². The van der Waals surface area contributed by atoms with E-state index in [1.807, 2.05) is 6.07 Å². The highest BCUT2D eigenvalue weighted by Gasteiger charge is 2.36. The summed E-state index contributed by atoms with van der Waals surface area (Å²) in [5, 5.41) is 4.02. The second-order valence-electron chi connectivity index (χ2n) is 5.11. The Morgan fingerprint density at radius 2 is 2.00 bits per heavy atom. The van der Waals surface area contributed by atoms with Crippen LogP contribution < -0.4 is 16.0 Å². The van der Waals surface area contributed by atoms with Crippen LogP contribution in [-0.4, -0.2) is 32.1 Å². The first-order chi connectivity index (χ1) is 8.65. The van der Waals surface area contributed by atoms with Crippen LogP contribution in [0.4, 0.5) is 5.69 Å². The number of amides is 1. The number of halogens is 1. The minimum Gasteiger partial charge on any atom is -0.370 e. The Morgan fingerprint density at radius 1 is 1.33 bits per heavy atom. The Bertz CT molecular complexity index is 479. The molecule has 2 aliphatic rings. The van der Waals surface area contributed by atoms with Crippen molar-refractivity contribution in [3.05, 3.63) is 28.8 Å². The minimum atomic E-state index is -0.439. The monoisotopic (exact) mass is 265 g/mol. The molecule has 0 saturated carbocycles. The summed E-state index contributed by atoms with van der Waals surface area (Å²) in [4.78, 5) is 13.4. The van der Waals surface area contributed by atoms with Crippen LogP contribution in [0.2, 0.25) is 5.02 Å². The van der Waals surface area contributed by atoms with Crippen LogP contribution in [-0.2, 0) is 0 Å². The van der Waals surface area contributed by atoms with Crippen molar-refractivity contribution in [3.63, 3.8) is 0 Å². The van der Waals surface area contributed by atoms with Gasteiger partial charge in [-0.3, -0.25) is 4.79 Å². The highest BCUT2D eigenvalue weighted by molar-refractivity contribution is 6.33. The van der Waals surface area contributed by atoms with Gasteiger partial charge in [0.2, 0.25) is 5.91 Å². The maximum atomic E-state index is 11.1. The fraction of sp³-hybridized carbons (Fsp3) is 0.462. The molecular weight excluding hydrogens is 250 g/mol. The van der Waals surface area contributed by atoms with Crippen molar-refractivity contribution in [2.45, 2.75) is 0 Å². The molecule has 3 N–H and O–H groups in total. The first-order valence-corrected chi connectivity index (χ1v) is 6.58. The van der Waals surface area contributed by atoms with Crippen molar-refractivity contribution in [3.8, 4) is 0 Å². The van der Waals surface area contributed by atoms with Crippen LogP contribution in [0, 0.1) is 11.8 Å². The van der Waals surface area contributed by atoms with E-state index in [9.17, 15) is 4.79 Å². The lowest BCUT2D eigenvalue weighted by molar-refractivity contribution is 0.100. The highest BCUT2D eigenvalue weighted by atomic mass is 35.5. The number of hydrogen-bond donors (Lipinski definition) is 2. The van der Waals surface area contributed by atoms with Crippen LogP contribution in [0.5, 0.6) is 0 Å². The molecule has 0 spiro atoms. The number of carbonyl (C=O) groups excluding carboxylic acids is 1. The summed E-state index contributed by atoms with van der Waals surface area (Å²) in [6.07, 6.45) is 0. The standard InChI is InChI=1S/C13H16ClN3O/c14-11-3-8(13(15)18)1-2-12(11)17-6-9-4-16-5-10(9)7-17/h1-3,9-10,16H,4-7H2,(H2,15,18)/t9-,10+. The number of carbonyl (C=O) groups is 1. The molecule has 0 aromatic heterocycles. The van der Waals surface area contributed by atoms with E-state index >= 15 is 0 Å². The van der Waals surface area contributed by atoms with Gasteiger partial charge in [-0.2, -0.15) is 0 Å². The second-order valence-corrected chi connectivity index (χ2v) is 5.52. The van der Waals surface area contributed by atoms with Gasteiger partial charge in [-0.05, 0) is 30.0 Å². The number of rotatable bonds is 2. The van der Waals surface area contributed by atoms with Gasteiger partial charge in [0.1, 0.15) is 0 Å². The van der Waals surface area contributed by atoms with Gasteiger partial charge < -0.3 is 16.0 Å². The van der Waals surface area contributed by atoms with E-state index in [1.165, 1.54) is 0 Å². The Balaban J connectivity index is 1.83. The average Bonchev–Trinajstić information content (AvgIpc) is 2.88. The number of benzene rings is 1. The number of anilines is 1. The topological polar surface area (TPSA) is 58.4 Å². The zero-order chi connectivity index (χ0) is 12.7. The van der Waals surface area contributed by atoms with Gasteiger partial charge in [0.05, 0.1) is 10.7 Å². The van der Waals surface area contributed by atoms with Crippen molar-refractivity contribution in [1.29, 1.82) is 0 Å². The van der Waals surface area contributed by atoms with E-state index < -0.39 is 5.91 Å². The first kappa shape index (κ1) is 11.8. The molecule has 0 bridgehead atoms. The molecule has 0 radical (unpaired) electrons. The molecule has 18 heavy (non-hydrogen) atoms. The highest BCUT2D eigenvalue weighted by Crippen LogP contribution is 2.34. The van der Waals surface area contributed by atoms with Gasteiger partial charge in [0.15, 0.2) is 0 Å². The van der Waals surface area contributed by atoms with Gasteiger partial charge in [-0.25, -0.2) is 0 Å². The molecule has 4 nitrogen and oxygen atoms in total. The third-order valence-electron chi connectivity index (χ3n) is 3.96. The largest absolute Gasteiger partial charge is 0.370 e. The molecule has 2 heterocycles. The second kappa shape index (κ2) is 4.44. The quantitative estimate of drug-likeness (QED) is 0.842. The summed E-state index contributed by atoms with van der Waals surface area (Å²) in [6.45, 7) is 4.26. The van der Waals surface area contributed by atoms with Crippen molar-refractivity contribution < 1.29 is 4.79 Å². The van der Waals surface area contributed by atoms with Crippen LogP contribution in [0.3, 0.4) is 0 Å². The predicted octanol–water partition coefficient (Wildman–Crippen LogP) is 1.09. The summed E-state index contributed by atoms with van der Waals surface area (Å²) in [7, 11) is 0. The van der Waals surface area contributed by atoms with Gasteiger partial charge in [0, 0.05) is 31.7 Å². The van der Waals surface area contributed by atoms with Crippen molar-refractivity contribution >= 4 is 23.2 Å². The molecule has 1 aromatic carbocycles. The predicted molar refractivity (Wildman–Crippen MR) is 72.0 cm³/mol. The van der Waals surface area contributed by atoms with E-state index in [-0.39, 0.29) is 0 Å². The molecule has 5 heteroatoms. The zero-order valence-corrected chi connectivity index (χ0v) is 10.8. The molecule has 96 valence electrons. The van der Waals surface area contributed by atoms with Crippen LogP contribution >= 0.6 is 11.6 Å². The molecule has 2 fully saturated rings. The summed E-state index contributed by atoms with van der Waals surface area (Å²) >= 11 is 6.25. The van der Waals surface area contributed by atoms with Gasteiger partial charge >= 0.3 is 0 Å². The fourth-order valence-corrected chi connectivity index (χ4v) is 3.27. The van der Waals surface area contributed by atoms with E-state index in [4.69, 9.17) is 17.3 Å². The first-order valence-electron chi connectivity index (χ1n) is 6.20. The minimum absolute atomic E-state index is 0.439. The number of nitrogens with zero attached hydrogens (tertiary/aromatic N) is 1. The molecule has 1 aromatic rings. The summed E-state index contributed by atoms with van der Waals surface area (Å²) in [5.41, 5.74) is 6.71. The maximum absolute atomic E-state index is 11.1. The Labute approximate surface area is 111 Å². The lowest BCUT2D eigenvalue weighted by Crippen LogP contribution is -2.25. The number of nitrogens with one attached hydrogen (secondary N) is 1. The lowest BCUT2D eigenvalue weighted by atomic mass is 10.0. The van der Waals surface area contributed by atoms with Crippen molar-refractivity contribution in [1.82, 2.24) is 5.32 Å². The summed E-state index contributed by atoms with van der Waals surface area (Å²) in [5.74, 6) is 1.000. The molecule has 2 atom stereocenters. The molecule has 0 aliphatic carbocycles. The average molecular weight is 266 g/mol. The van der Waals surface area contributed by atoms with E-state index in [2.05, 4.69) is 10.2 Å². The number of hydrogen-bond acceptors (Lipinski definition) is 3. The van der Waals surface area contributed by atoms with E-state index in [1.54, 1.807) is 12.1 Å². The third kappa shape index (κ3) is 1.95. The van der Waals surface area contributed by atoms with E-state index in [0.29, 0.717) is 10.6 Å². The Morgan fingerprint density at radius 3 is 2.56 bits per heavy atom. The number of nitrogens with two attached hydrogens (primary N) is 1. The molecule has 1 amide bonds. The van der Waals surface area contributed by atoms with Crippen LogP contribution in [0.25, 0.3) is 0 Å². The molecule has 2 aliphatic heterocycles. The lowest BCUT2D eigenvalue weighted by Gasteiger charge is -2.21. The molecule has 0 unspecified atom stereocenters. The summed E-state index contributed by atoms with van der Waals surface area (Å²) in [6, 6.07) is 5.30. The molecule has 3 rings (SSSR count). The van der Waals surface area contributed by atoms with Gasteiger partial charge in [-0.1, -0.05) is 11.6 Å². The zero-order valence-electron chi connectivity index (χ0n) is 10.0. The van der Waals surface area contributed by atoms with Crippen molar-refractivity contribution in [2.75, 3.05) is 31.1 Å². The van der Waals surface area contributed by atoms with Crippen LogP contribution in [0.15, 0.2) is 18.2 Å². The fourth-order valence-electron chi connectivity index (χ4n) is 2.97. The number of primary amides is 1. The molecule has 2 saturated heterocycles. The smallest absolute Gasteiger partial charge is 0.248 e. The normalized spacial score (nSPS) is 26.4.